The normalized spacial score (nSPS) is 13.8. The standard InChI is InChI=1S/C27H28F3N5/c1-3-17-31-24(19-11-5-4-6-12-19)32-18(2)33-26-21-14-8-10-16-23(21)34-25(35-26)20-13-7-9-15-22(20)27(28,29)30/h4-7,9,11-13,15H,2-3,8,10,14,16-17H2,1H3,(H,31,32)(H,33,34,35). The van der Waals surface area contributed by atoms with E-state index in [4.69, 9.17) is 0 Å². The van der Waals surface area contributed by atoms with Gasteiger partial charge in [-0.15, -0.1) is 0 Å². The smallest absolute Gasteiger partial charge is 0.327 e. The molecule has 0 unspecified atom stereocenters. The molecule has 182 valence electrons. The molecule has 8 heteroatoms. The summed E-state index contributed by atoms with van der Waals surface area (Å²) in [6.07, 6.45) is -0.266. The monoisotopic (exact) mass is 479 g/mol. The SMILES string of the molecule is C=C(NC(=NCCC)c1ccccc1)Nc1nc(-c2ccccc2C(F)(F)F)nc2c1CCCC2. The Labute approximate surface area is 203 Å². The Hall–Kier alpha value is -3.68. The molecule has 1 heterocycles. The van der Waals surface area contributed by atoms with E-state index < -0.39 is 11.7 Å². The molecule has 35 heavy (non-hydrogen) atoms. The molecule has 0 radical (unpaired) electrons. The zero-order chi connectivity index (χ0) is 24.8. The average molecular weight is 480 g/mol. The van der Waals surface area contributed by atoms with E-state index in [1.54, 1.807) is 6.07 Å². The van der Waals surface area contributed by atoms with E-state index in [9.17, 15) is 13.2 Å². The first-order valence-electron chi connectivity index (χ1n) is 11.8. The third-order valence-corrected chi connectivity index (χ3v) is 5.74. The number of halogens is 3. The molecule has 0 amide bonds. The molecule has 4 rings (SSSR count). The van der Waals surface area contributed by atoms with Crippen LogP contribution >= 0.6 is 0 Å². The predicted molar refractivity (Wildman–Crippen MR) is 133 cm³/mol. The van der Waals surface area contributed by atoms with E-state index in [-0.39, 0.29) is 11.4 Å². The van der Waals surface area contributed by atoms with Crippen molar-refractivity contribution >= 4 is 11.7 Å². The first kappa shape index (κ1) is 24.4. The second kappa shape index (κ2) is 10.7. The number of hydrogen-bond donors (Lipinski definition) is 2. The van der Waals surface area contributed by atoms with Crippen molar-refractivity contribution in [2.75, 3.05) is 11.9 Å². The Kier molecular flexibility index (Phi) is 7.48. The molecule has 2 N–H and O–H groups in total. The van der Waals surface area contributed by atoms with Crippen molar-refractivity contribution in [2.24, 2.45) is 4.99 Å². The lowest BCUT2D eigenvalue weighted by Gasteiger charge is -2.22. The van der Waals surface area contributed by atoms with Crippen LogP contribution < -0.4 is 10.6 Å². The van der Waals surface area contributed by atoms with Crippen LogP contribution in [-0.2, 0) is 19.0 Å². The molecule has 3 aromatic rings. The molecular formula is C27H28F3N5. The molecule has 1 aliphatic rings. The Bertz CT molecular complexity index is 1220. The number of rotatable bonds is 7. The summed E-state index contributed by atoms with van der Waals surface area (Å²) in [7, 11) is 0. The number of benzene rings is 2. The highest BCUT2D eigenvalue weighted by Gasteiger charge is 2.34. The van der Waals surface area contributed by atoms with Crippen LogP contribution in [0.1, 0.15) is 48.6 Å². The highest BCUT2D eigenvalue weighted by Crippen LogP contribution is 2.37. The van der Waals surface area contributed by atoms with Gasteiger partial charge in [-0.25, -0.2) is 9.97 Å². The maximum Gasteiger partial charge on any atom is 0.417 e. The number of hydrogen-bond acceptors (Lipinski definition) is 4. The minimum atomic E-state index is -4.51. The van der Waals surface area contributed by atoms with Crippen molar-refractivity contribution in [3.63, 3.8) is 0 Å². The topological polar surface area (TPSA) is 62.2 Å². The van der Waals surface area contributed by atoms with Crippen LogP contribution in [-0.4, -0.2) is 22.3 Å². The fraction of sp³-hybridized carbons (Fsp3) is 0.296. The van der Waals surface area contributed by atoms with E-state index in [1.165, 1.54) is 12.1 Å². The van der Waals surface area contributed by atoms with Crippen LogP contribution in [0.2, 0.25) is 0 Å². The van der Waals surface area contributed by atoms with Crippen LogP contribution in [0, 0.1) is 0 Å². The molecule has 2 aromatic carbocycles. The van der Waals surface area contributed by atoms with Crippen LogP contribution in [0.5, 0.6) is 0 Å². The molecule has 1 aliphatic carbocycles. The van der Waals surface area contributed by atoms with Gasteiger partial charge in [0.2, 0.25) is 0 Å². The summed E-state index contributed by atoms with van der Waals surface area (Å²) >= 11 is 0. The van der Waals surface area contributed by atoms with Gasteiger partial charge in [0.15, 0.2) is 5.82 Å². The maximum atomic E-state index is 13.7. The van der Waals surface area contributed by atoms with Crippen LogP contribution in [0.25, 0.3) is 11.4 Å². The van der Waals surface area contributed by atoms with Crippen LogP contribution in [0.3, 0.4) is 0 Å². The molecule has 0 atom stereocenters. The molecule has 0 aliphatic heterocycles. The molecule has 1 aromatic heterocycles. The fourth-order valence-electron chi connectivity index (χ4n) is 4.08. The van der Waals surface area contributed by atoms with Crippen LogP contribution in [0.15, 0.2) is 72.0 Å². The molecule has 5 nitrogen and oxygen atoms in total. The molecule has 0 bridgehead atoms. The van der Waals surface area contributed by atoms with Crippen molar-refractivity contribution in [1.29, 1.82) is 0 Å². The Balaban J connectivity index is 1.68. The minimum Gasteiger partial charge on any atom is -0.327 e. The number of nitrogens with one attached hydrogen (secondary N) is 2. The van der Waals surface area contributed by atoms with Gasteiger partial charge in [0.1, 0.15) is 17.5 Å². The second-order valence-corrected chi connectivity index (χ2v) is 8.40. The summed E-state index contributed by atoms with van der Waals surface area (Å²) in [5, 5.41) is 6.42. The van der Waals surface area contributed by atoms with E-state index in [2.05, 4.69) is 32.2 Å². The Morgan fingerprint density at radius 2 is 1.71 bits per heavy atom. The summed E-state index contributed by atoms with van der Waals surface area (Å²) < 4.78 is 41.0. The molecule has 0 saturated heterocycles. The van der Waals surface area contributed by atoms with Gasteiger partial charge >= 0.3 is 6.18 Å². The number of alkyl halides is 3. The molecule has 0 fully saturated rings. The molecule has 0 saturated carbocycles. The molecular weight excluding hydrogens is 451 g/mol. The maximum absolute atomic E-state index is 13.7. The van der Waals surface area contributed by atoms with Gasteiger partial charge in [0.05, 0.1) is 5.56 Å². The highest BCUT2D eigenvalue weighted by molar-refractivity contribution is 6.00. The van der Waals surface area contributed by atoms with Crippen molar-refractivity contribution in [2.45, 2.75) is 45.2 Å². The summed E-state index contributed by atoms with van der Waals surface area (Å²) in [5.74, 6) is 1.62. The van der Waals surface area contributed by atoms with Crippen molar-refractivity contribution < 1.29 is 13.2 Å². The Morgan fingerprint density at radius 3 is 2.46 bits per heavy atom. The van der Waals surface area contributed by atoms with Crippen molar-refractivity contribution in [1.82, 2.24) is 15.3 Å². The van der Waals surface area contributed by atoms with E-state index >= 15 is 0 Å². The summed E-state index contributed by atoms with van der Waals surface area (Å²) in [6, 6.07) is 15.1. The third kappa shape index (κ3) is 5.88. The number of anilines is 1. The van der Waals surface area contributed by atoms with Crippen molar-refractivity contribution in [3.05, 3.63) is 89.4 Å². The van der Waals surface area contributed by atoms with Crippen molar-refractivity contribution in [3.8, 4) is 11.4 Å². The van der Waals surface area contributed by atoms with E-state index in [1.807, 2.05) is 37.3 Å². The molecule has 0 spiro atoms. The first-order valence-corrected chi connectivity index (χ1v) is 11.8. The Morgan fingerprint density at radius 1 is 1.00 bits per heavy atom. The summed E-state index contributed by atoms with van der Waals surface area (Å²) in [6.45, 7) is 6.78. The minimum absolute atomic E-state index is 0.0375. The summed E-state index contributed by atoms with van der Waals surface area (Å²) in [4.78, 5) is 13.7. The first-order chi connectivity index (χ1) is 16.9. The summed E-state index contributed by atoms with van der Waals surface area (Å²) in [5.41, 5.74) is 1.81. The fourth-order valence-corrected chi connectivity index (χ4v) is 4.08. The van der Waals surface area contributed by atoms with Gasteiger partial charge in [-0.05, 0) is 38.2 Å². The van der Waals surface area contributed by atoms with E-state index in [0.29, 0.717) is 30.4 Å². The lowest BCUT2D eigenvalue weighted by Crippen LogP contribution is -2.28. The zero-order valence-electron chi connectivity index (χ0n) is 19.6. The lowest BCUT2D eigenvalue weighted by atomic mass is 9.95. The zero-order valence-corrected chi connectivity index (χ0v) is 19.6. The lowest BCUT2D eigenvalue weighted by molar-refractivity contribution is -0.137. The number of fused-ring (bicyclic) bond motifs is 1. The average Bonchev–Trinajstić information content (AvgIpc) is 2.86. The van der Waals surface area contributed by atoms with Gasteiger partial charge in [-0.2, -0.15) is 13.2 Å². The van der Waals surface area contributed by atoms with E-state index in [0.717, 1.165) is 48.6 Å². The van der Waals surface area contributed by atoms with Gasteiger partial charge in [-0.3, -0.25) is 4.99 Å². The number of aromatic nitrogens is 2. The number of aryl methyl sites for hydroxylation is 1. The third-order valence-electron chi connectivity index (χ3n) is 5.74. The predicted octanol–water partition coefficient (Wildman–Crippen LogP) is 6.37. The number of nitrogens with zero attached hydrogens (tertiary/aromatic N) is 3. The van der Waals surface area contributed by atoms with Gasteiger partial charge in [0, 0.05) is 28.9 Å². The highest BCUT2D eigenvalue weighted by atomic mass is 19.4. The van der Waals surface area contributed by atoms with Gasteiger partial charge < -0.3 is 10.6 Å². The van der Waals surface area contributed by atoms with Gasteiger partial charge in [0.25, 0.3) is 0 Å². The quantitative estimate of drug-likeness (QED) is 0.305. The number of aliphatic imine (C=N–C) groups is 1. The van der Waals surface area contributed by atoms with Gasteiger partial charge in [-0.1, -0.05) is 62.0 Å². The number of amidine groups is 1. The van der Waals surface area contributed by atoms with Crippen LogP contribution in [0.4, 0.5) is 19.0 Å². The second-order valence-electron chi connectivity index (χ2n) is 8.40. The largest absolute Gasteiger partial charge is 0.417 e.